The summed E-state index contributed by atoms with van der Waals surface area (Å²) in [5, 5.41) is 27.6. The molecule has 0 spiro atoms. The molecule has 1 heterocycles. The maximum atomic E-state index is 13.7. The van der Waals surface area contributed by atoms with E-state index < -0.39 is 48.7 Å². The molecule has 3 amide bonds. The third-order valence-electron chi connectivity index (χ3n) is 11.4. The van der Waals surface area contributed by atoms with Gasteiger partial charge in [0.05, 0.1) is 57.6 Å². The lowest BCUT2D eigenvalue weighted by Gasteiger charge is -2.33. The van der Waals surface area contributed by atoms with Crippen molar-refractivity contribution >= 4 is 48.6 Å². The van der Waals surface area contributed by atoms with E-state index in [1.807, 2.05) is 11.8 Å². The first kappa shape index (κ1) is 62.7. The van der Waals surface area contributed by atoms with E-state index in [0.717, 1.165) is 0 Å². The molecule has 1 saturated heterocycles. The fourth-order valence-corrected chi connectivity index (χ4v) is 8.76. The molecule has 26 heteroatoms. The first-order valence-corrected chi connectivity index (χ1v) is 27.0. The molecule has 0 saturated carbocycles. The zero-order valence-corrected chi connectivity index (χ0v) is 43.9. The van der Waals surface area contributed by atoms with Crippen LogP contribution in [-0.2, 0) is 60.2 Å². The van der Waals surface area contributed by atoms with E-state index >= 15 is 0 Å². The van der Waals surface area contributed by atoms with Crippen LogP contribution in [0.1, 0.15) is 49.3 Å². The lowest BCUT2D eigenvalue weighted by Crippen LogP contribution is -2.52. The average Bonchev–Trinajstić information content (AvgIpc) is 3.30. The van der Waals surface area contributed by atoms with E-state index in [4.69, 9.17) is 18.9 Å². The normalized spacial score (nSPS) is 15.6. The molecule has 73 heavy (non-hydrogen) atoms. The van der Waals surface area contributed by atoms with E-state index in [-0.39, 0.29) is 44.3 Å². The smallest absolute Gasteiger partial charge is 0.494 e. The van der Waals surface area contributed by atoms with Gasteiger partial charge < -0.3 is 59.1 Å². The fraction of sp³-hybridized carbons (Fsp3) is 0.638. The number of aliphatic carboxylic acids is 2. The Morgan fingerprint density at radius 2 is 1.14 bits per heavy atom. The van der Waals surface area contributed by atoms with Crippen LogP contribution in [0.2, 0.25) is 0 Å². The van der Waals surface area contributed by atoms with Crippen molar-refractivity contribution in [1.29, 1.82) is 0 Å². The van der Waals surface area contributed by atoms with E-state index in [0.29, 0.717) is 165 Å². The molecule has 1 unspecified atom stereocenters. The number of ether oxygens (including phenoxy) is 4. The molecule has 0 aliphatic carbocycles. The summed E-state index contributed by atoms with van der Waals surface area (Å²) < 4.78 is 59.4. The van der Waals surface area contributed by atoms with E-state index in [1.54, 1.807) is 35.8 Å². The van der Waals surface area contributed by atoms with Gasteiger partial charge in [-0.1, -0.05) is 19.1 Å². The van der Waals surface area contributed by atoms with Gasteiger partial charge in [-0.2, -0.15) is 0 Å². The number of carboxylic acids is 2. The second kappa shape index (κ2) is 34.8. The maximum Gasteiger partial charge on any atom is 0.524 e. The minimum atomic E-state index is -4.80. The molecular weight excluding hydrogens is 998 g/mol. The number of carbonyl (C=O) groups excluding carboxylic acids is 3. The molecular formula is C47H76N7O17PS. The highest BCUT2D eigenvalue weighted by atomic mass is 32.2. The lowest BCUT2D eigenvalue weighted by molar-refractivity contribution is -0.140. The zero-order chi connectivity index (χ0) is 53.6. The summed E-state index contributed by atoms with van der Waals surface area (Å²) in [5.74, 6) is -2.49. The number of likely N-dealkylation sites (N-methyl/N-ethyl adjacent to an activating group) is 1. The van der Waals surface area contributed by atoms with Crippen LogP contribution in [0.5, 0.6) is 11.5 Å². The monoisotopic (exact) mass is 1070 g/mol. The van der Waals surface area contributed by atoms with E-state index in [2.05, 4.69) is 25.4 Å². The van der Waals surface area contributed by atoms with Crippen molar-refractivity contribution in [3.05, 3.63) is 53.1 Å². The minimum absolute atomic E-state index is 0.0409. The Kier molecular flexibility index (Phi) is 29.9. The van der Waals surface area contributed by atoms with Gasteiger partial charge in [0.2, 0.25) is 17.7 Å². The molecule has 1 aliphatic rings. The van der Waals surface area contributed by atoms with Crippen molar-refractivity contribution in [3.8, 4) is 11.5 Å². The highest BCUT2D eigenvalue weighted by Crippen LogP contribution is 2.37. The van der Waals surface area contributed by atoms with E-state index in [9.17, 15) is 57.3 Å². The summed E-state index contributed by atoms with van der Waals surface area (Å²) in [6.07, 6.45) is 1.94. The van der Waals surface area contributed by atoms with Gasteiger partial charge in [-0.15, -0.1) is 0 Å². The largest absolute Gasteiger partial charge is 0.524 e. The van der Waals surface area contributed by atoms with Crippen molar-refractivity contribution in [1.82, 2.24) is 35.6 Å². The molecule has 0 bridgehead atoms. The van der Waals surface area contributed by atoms with Crippen molar-refractivity contribution in [3.63, 3.8) is 0 Å². The van der Waals surface area contributed by atoms with Gasteiger partial charge in [0, 0.05) is 91.5 Å². The van der Waals surface area contributed by atoms with Crippen LogP contribution < -0.4 is 25.2 Å². The third kappa shape index (κ3) is 28.0. The summed E-state index contributed by atoms with van der Waals surface area (Å²) in [7, 11) is -4.80. The Balaban J connectivity index is 1.37. The average molecular weight is 1070 g/mol. The van der Waals surface area contributed by atoms with Crippen LogP contribution in [0.25, 0.3) is 0 Å². The topological polar surface area (TPSA) is 316 Å². The summed E-state index contributed by atoms with van der Waals surface area (Å²) >= 11 is -2.07. The summed E-state index contributed by atoms with van der Waals surface area (Å²) in [6, 6.07) is 8.14. The number of amides is 3. The van der Waals surface area contributed by atoms with Crippen molar-refractivity contribution < 1.29 is 80.8 Å². The van der Waals surface area contributed by atoms with Crippen molar-refractivity contribution in [2.75, 3.05) is 138 Å². The molecule has 412 valence electrons. The predicted octanol–water partition coefficient (Wildman–Crippen LogP) is 0.715. The number of hydrogen-bond acceptors (Lipinski definition) is 16. The number of phosphoric acid groups is 1. The van der Waals surface area contributed by atoms with Crippen molar-refractivity contribution in [2.45, 2.75) is 63.8 Å². The SMILES string of the molecule is CCN1CCN(CC(=O)O)CCN(CC(=O)O)CCN(CC(=O)N[C@H](Cc2ccc(OP(=O)(O)O)cc2)C(=O)NCCCOCCOCCOCCCNC(=O)CCCOc2cc(C)c(S(=O)O)c(C)c2)CC1. The quantitative estimate of drug-likeness (QED) is 0.0277. The Morgan fingerprint density at radius 1 is 0.658 bits per heavy atom. The number of rotatable bonds is 33. The molecule has 1 aliphatic heterocycles. The van der Waals surface area contributed by atoms with Gasteiger partial charge >= 0.3 is 19.8 Å². The molecule has 3 rings (SSSR count). The third-order valence-corrected chi connectivity index (χ3v) is 12.9. The van der Waals surface area contributed by atoms with Crippen LogP contribution in [-0.4, -0.2) is 222 Å². The molecule has 2 aromatic rings. The van der Waals surface area contributed by atoms with Crippen LogP contribution >= 0.6 is 7.82 Å². The first-order chi connectivity index (χ1) is 34.8. The zero-order valence-electron chi connectivity index (χ0n) is 42.2. The standard InChI is InChI=1S/C47H76N7O17PS/c1-4-51-15-17-52(19-20-54(35-45(59)60)22-21-53(18-16-51)34-44(57)58)33-43(56)50-41(32-38-9-11-39(12-10-38)71-72(62,63)64)47(61)49-14-7-24-68-27-29-69-28-26-67-23-6-13-48-42(55)8-5-25-70-40-30-36(2)46(73(65)66)37(3)31-40/h9-12,30-31,41H,4-8,13-29,32-35H2,1-3H3,(H,48,55)(H,49,61)(H,50,56)(H,57,58)(H,59,60)(H,65,66)(H2,62,63,64)/t41-/m1/s1. The Labute approximate surface area is 429 Å². The number of carboxylic acid groups (broad SMARTS) is 2. The predicted molar refractivity (Wildman–Crippen MR) is 269 cm³/mol. The highest BCUT2D eigenvalue weighted by Gasteiger charge is 2.25. The summed E-state index contributed by atoms with van der Waals surface area (Å²) in [4.78, 5) is 89.0. The van der Waals surface area contributed by atoms with Gasteiger partial charge in [-0.25, -0.2) is 8.77 Å². The van der Waals surface area contributed by atoms with Gasteiger partial charge in [-0.3, -0.25) is 48.5 Å². The lowest BCUT2D eigenvalue weighted by atomic mass is 10.0. The van der Waals surface area contributed by atoms with Crippen LogP contribution in [0, 0.1) is 13.8 Å². The minimum Gasteiger partial charge on any atom is -0.494 e. The van der Waals surface area contributed by atoms with Gasteiger partial charge in [0.15, 0.2) is 11.1 Å². The van der Waals surface area contributed by atoms with Gasteiger partial charge in [-0.05, 0) is 80.6 Å². The van der Waals surface area contributed by atoms with Crippen LogP contribution in [0.3, 0.4) is 0 Å². The number of phosphoric ester groups is 1. The van der Waals surface area contributed by atoms with Crippen molar-refractivity contribution in [2.24, 2.45) is 0 Å². The van der Waals surface area contributed by atoms with Crippen LogP contribution in [0.4, 0.5) is 0 Å². The maximum absolute atomic E-state index is 13.7. The molecule has 1 fully saturated rings. The molecule has 8 N–H and O–H groups in total. The molecule has 24 nitrogen and oxygen atoms in total. The second-order valence-corrected chi connectivity index (χ2v) is 19.4. The van der Waals surface area contributed by atoms with Gasteiger partial charge in [0.25, 0.3) is 0 Å². The number of nitrogens with one attached hydrogen (secondary N) is 3. The molecule has 0 aromatic heterocycles. The number of carbonyl (C=O) groups is 5. The number of benzene rings is 2. The highest BCUT2D eigenvalue weighted by molar-refractivity contribution is 7.79. The Hall–Kier alpha value is -4.63. The molecule has 0 radical (unpaired) electrons. The number of aryl methyl sites for hydroxylation is 2. The summed E-state index contributed by atoms with van der Waals surface area (Å²) in [6.45, 7) is 12.1. The first-order valence-electron chi connectivity index (χ1n) is 24.4. The number of hydrogen-bond donors (Lipinski definition) is 8. The Bertz CT molecular complexity index is 2060. The molecule has 2 atom stereocenters. The fourth-order valence-electron chi connectivity index (χ4n) is 7.70. The number of nitrogens with zero attached hydrogens (tertiary/aromatic N) is 4. The van der Waals surface area contributed by atoms with E-state index in [1.165, 1.54) is 24.3 Å². The Morgan fingerprint density at radius 3 is 1.62 bits per heavy atom. The van der Waals surface area contributed by atoms with Gasteiger partial charge in [0.1, 0.15) is 17.5 Å². The second-order valence-electron chi connectivity index (χ2n) is 17.4. The molecule has 2 aromatic carbocycles. The summed E-state index contributed by atoms with van der Waals surface area (Å²) in [5.41, 5.74) is 1.91. The van der Waals surface area contributed by atoms with Crippen LogP contribution in [0.15, 0.2) is 41.3 Å².